The van der Waals surface area contributed by atoms with E-state index in [-0.39, 0.29) is 19.3 Å². The lowest BCUT2D eigenvalue weighted by Crippen LogP contribution is -2.41. The van der Waals surface area contributed by atoms with Crippen LogP contribution in [0.4, 0.5) is 0 Å². The number of nitrogens with zero attached hydrogens (tertiary/aromatic N) is 1. The van der Waals surface area contributed by atoms with Crippen molar-refractivity contribution in [3.63, 3.8) is 0 Å². The molecule has 2 N–H and O–H groups in total. The Kier molecular flexibility index (Phi) is 3.91. The summed E-state index contributed by atoms with van der Waals surface area (Å²) in [5.41, 5.74) is 6.58. The maximum Gasteiger partial charge on any atom is 0.350 e. The molecule has 6 heteroatoms. The van der Waals surface area contributed by atoms with Gasteiger partial charge in [0.15, 0.2) is 0 Å². The summed E-state index contributed by atoms with van der Waals surface area (Å²) in [5, 5.41) is 0.507. The number of amides is 2. The predicted octanol–water partition coefficient (Wildman–Crippen LogP) is 0.164. The Morgan fingerprint density at radius 3 is 2.37 bits per heavy atom. The van der Waals surface area contributed by atoms with E-state index in [9.17, 15) is 14.4 Å². The molecule has 1 atom stereocenters. The highest BCUT2D eigenvalue weighted by Gasteiger charge is 2.34. The van der Waals surface area contributed by atoms with Crippen molar-refractivity contribution >= 4 is 17.8 Å². The minimum atomic E-state index is -0.913. The molecule has 0 radical (unpaired) electrons. The molecule has 1 aromatic rings. The van der Waals surface area contributed by atoms with E-state index in [0.29, 0.717) is 5.06 Å². The van der Waals surface area contributed by atoms with Crippen molar-refractivity contribution in [2.24, 2.45) is 5.73 Å². The molecule has 0 aromatic heterocycles. The summed E-state index contributed by atoms with van der Waals surface area (Å²) in [6.45, 7) is 0. The van der Waals surface area contributed by atoms with E-state index in [1.54, 1.807) is 0 Å². The maximum absolute atomic E-state index is 11.7. The van der Waals surface area contributed by atoms with Gasteiger partial charge in [-0.05, 0) is 12.0 Å². The normalized spacial score (nSPS) is 16.6. The zero-order chi connectivity index (χ0) is 13.8. The molecule has 2 rings (SSSR count). The van der Waals surface area contributed by atoms with Gasteiger partial charge < -0.3 is 10.6 Å². The Morgan fingerprint density at radius 2 is 1.79 bits per heavy atom. The molecule has 6 nitrogen and oxygen atoms in total. The molecule has 19 heavy (non-hydrogen) atoms. The Balaban J connectivity index is 1.93. The second-order valence-electron chi connectivity index (χ2n) is 4.29. The lowest BCUT2D eigenvalue weighted by molar-refractivity contribution is -0.198. The molecule has 2 amide bonds. The summed E-state index contributed by atoms with van der Waals surface area (Å²) in [7, 11) is 0. The second kappa shape index (κ2) is 5.62. The maximum atomic E-state index is 11.7. The monoisotopic (exact) mass is 262 g/mol. The quantitative estimate of drug-likeness (QED) is 0.781. The first-order valence-corrected chi connectivity index (χ1v) is 5.95. The topological polar surface area (TPSA) is 89.7 Å². The fraction of sp³-hybridized carbons (Fsp3) is 0.308. The Bertz CT molecular complexity index is 485. The lowest BCUT2D eigenvalue weighted by atomic mass is 10.1. The number of carbonyl (C=O) groups excluding carboxylic acids is 3. The van der Waals surface area contributed by atoms with Gasteiger partial charge in [-0.3, -0.25) is 9.59 Å². The molecular weight excluding hydrogens is 248 g/mol. The van der Waals surface area contributed by atoms with Crippen LogP contribution in [0.1, 0.15) is 18.4 Å². The summed E-state index contributed by atoms with van der Waals surface area (Å²) in [6, 6.07) is 8.28. The molecule has 100 valence electrons. The molecule has 1 fully saturated rings. The van der Waals surface area contributed by atoms with Crippen LogP contribution < -0.4 is 5.73 Å². The van der Waals surface area contributed by atoms with Crippen molar-refractivity contribution in [1.82, 2.24) is 5.06 Å². The van der Waals surface area contributed by atoms with Crippen LogP contribution in [0, 0.1) is 0 Å². The molecule has 1 unspecified atom stereocenters. The Morgan fingerprint density at radius 1 is 1.21 bits per heavy atom. The van der Waals surface area contributed by atoms with E-state index in [1.807, 2.05) is 30.3 Å². The molecule has 0 spiro atoms. The van der Waals surface area contributed by atoms with Crippen molar-refractivity contribution in [3.8, 4) is 0 Å². The van der Waals surface area contributed by atoms with Gasteiger partial charge in [-0.15, -0.1) is 5.06 Å². The third kappa shape index (κ3) is 3.17. The van der Waals surface area contributed by atoms with Crippen molar-refractivity contribution < 1.29 is 19.2 Å². The van der Waals surface area contributed by atoms with Gasteiger partial charge in [0, 0.05) is 12.8 Å². The SMILES string of the molecule is NC(Cc1ccccc1)C(=O)ON1C(=O)CCC1=O. The van der Waals surface area contributed by atoms with Gasteiger partial charge >= 0.3 is 5.97 Å². The van der Waals surface area contributed by atoms with E-state index in [2.05, 4.69) is 0 Å². The van der Waals surface area contributed by atoms with Crippen LogP contribution in [0.3, 0.4) is 0 Å². The summed E-state index contributed by atoms with van der Waals surface area (Å²) in [5.74, 6) is -1.80. The number of carbonyl (C=O) groups is 3. The number of hydrogen-bond donors (Lipinski definition) is 1. The number of rotatable bonds is 4. The highest BCUT2D eigenvalue weighted by Crippen LogP contribution is 2.13. The van der Waals surface area contributed by atoms with E-state index < -0.39 is 23.8 Å². The van der Waals surface area contributed by atoms with Gasteiger partial charge in [-0.25, -0.2) is 4.79 Å². The van der Waals surface area contributed by atoms with E-state index in [1.165, 1.54) is 0 Å². The van der Waals surface area contributed by atoms with Crippen LogP contribution in [0.2, 0.25) is 0 Å². The first-order chi connectivity index (χ1) is 9.08. The van der Waals surface area contributed by atoms with Gasteiger partial charge in [-0.2, -0.15) is 0 Å². The summed E-state index contributed by atoms with van der Waals surface area (Å²) < 4.78 is 0. The minimum Gasteiger partial charge on any atom is -0.329 e. The molecule has 1 aliphatic heterocycles. The summed E-state index contributed by atoms with van der Waals surface area (Å²) in [4.78, 5) is 39.0. The average molecular weight is 262 g/mol. The van der Waals surface area contributed by atoms with Crippen LogP contribution in [-0.4, -0.2) is 28.9 Å². The lowest BCUT2D eigenvalue weighted by Gasteiger charge is -2.16. The van der Waals surface area contributed by atoms with Gasteiger partial charge in [0.2, 0.25) is 0 Å². The smallest absolute Gasteiger partial charge is 0.329 e. The molecule has 1 saturated heterocycles. The fourth-order valence-corrected chi connectivity index (χ4v) is 1.77. The average Bonchev–Trinajstić information content (AvgIpc) is 2.71. The van der Waals surface area contributed by atoms with Crippen LogP contribution in [0.15, 0.2) is 30.3 Å². The molecule has 1 aromatic carbocycles. The number of imide groups is 1. The van der Waals surface area contributed by atoms with Crippen LogP contribution in [-0.2, 0) is 25.6 Å². The van der Waals surface area contributed by atoms with Crippen molar-refractivity contribution in [2.45, 2.75) is 25.3 Å². The Labute approximate surface area is 110 Å². The Hall–Kier alpha value is -2.21. The van der Waals surface area contributed by atoms with Gasteiger partial charge in [0.05, 0.1) is 0 Å². The summed E-state index contributed by atoms with van der Waals surface area (Å²) >= 11 is 0. The van der Waals surface area contributed by atoms with Crippen molar-refractivity contribution in [3.05, 3.63) is 35.9 Å². The number of hydrogen-bond acceptors (Lipinski definition) is 5. The molecule has 1 heterocycles. The first kappa shape index (κ1) is 13.2. The number of nitrogens with two attached hydrogens (primary N) is 1. The molecule has 1 aliphatic rings. The van der Waals surface area contributed by atoms with Crippen LogP contribution in [0.25, 0.3) is 0 Å². The van der Waals surface area contributed by atoms with Crippen molar-refractivity contribution in [1.29, 1.82) is 0 Å². The minimum absolute atomic E-state index is 0.0695. The van der Waals surface area contributed by atoms with Crippen LogP contribution in [0.5, 0.6) is 0 Å². The molecule has 0 saturated carbocycles. The highest BCUT2D eigenvalue weighted by molar-refractivity contribution is 6.01. The van der Waals surface area contributed by atoms with Gasteiger partial charge in [-0.1, -0.05) is 30.3 Å². The van der Waals surface area contributed by atoms with Crippen LogP contribution >= 0.6 is 0 Å². The predicted molar refractivity (Wildman–Crippen MR) is 65.3 cm³/mol. The molecule has 0 bridgehead atoms. The molecular formula is C13H14N2O4. The van der Waals surface area contributed by atoms with Crippen molar-refractivity contribution in [2.75, 3.05) is 0 Å². The third-order valence-corrected chi connectivity index (χ3v) is 2.79. The highest BCUT2D eigenvalue weighted by atomic mass is 16.7. The molecule has 0 aliphatic carbocycles. The number of benzene rings is 1. The summed E-state index contributed by atoms with van der Waals surface area (Å²) in [6.07, 6.45) is 0.427. The van der Waals surface area contributed by atoms with E-state index in [4.69, 9.17) is 10.6 Å². The third-order valence-electron chi connectivity index (χ3n) is 2.79. The first-order valence-electron chi connectivity index (χ1n) is 5.95. The largest absolute Gasteiger partial charge is 0.350 e. The zero-order valence-corrected chi connectivity index (χ0v) is 10.2. The standard InChI is InChI=1S/C13H14N2O4/c14-10(8-9-4-2-1-3-5-9)13(18)19-15-11(16)6-7-12(15)17/h1-5,10H,6-8,14H2. The number of hydroxylamine groups is 2. The van der Waals surface area contributed by atoms with Gasteiger partial charge in [0.1, 0.15) is 6.04 Å². The second-order valence-corrected chi connectivity index (χ2v) is 4.29. The van der Waals surface area contributed by atoms with E-state index in [0.717, 1.165) is 5.56 Å². The van der Waals surface area contributed by atoms with Gasteiger partial charge in [0.25, 0.3) is 11.8 Å². The van der Waals surface area contributed by atoms with E-state index >= 15 is 0 Å². The fourth-order valence-electron chi connectivity index (χ4n) is 1.77. The zero-order valence-electron chi connectivity index (χ0n) is 10.2.